The Labute approximate surface area is 222 Å². The van der Waals surface area contributed by atoms with Crippen molar-refractivity contribution in [1.29, 1.82) is 0 Å². The number of nitrogens with zero attached hydrogens (tertiary/aromatic N) is 2. The van der Waals surface area contributed by atoms with Crippen molar-refractivity contribution >= 4 is 27.5 Å². The lowest BCUT2D eigenvalue weighted by atomic mass is 10.1. The molecule has 37 heavy (non-hydrogen) atoms. The van der Waals surface area contributed by atoms with Crippen LogP contribution >= 0.6 is 0 Å². The number of rotatable bonds is 15. The molecule has 204 valence electrons. The molecule has 0 heterocycles. The van der Waals surface area contributed by atoms with Gasteiger partial charge in [0.25, 0.3) is 0 Å². The van der Waals surface area contributed by atoms with Crippen molar-refractivity contribution in [1.82, 2.24) is 10.2 Å². The van der Waals surface area contributed by atoms with Crippen molar-refractivity contribution in [3.8, 4) is 5.75 Å². The van der Waals surface area contributed by atoms with E-state index in [9.17, 15) is 18.0 Å². The summed E-state index contributed by atoms with van der Waals surface area (Å²) in [5, 5.41) is 2.91. The Morgan fingerprint density at radius 2 is 1.59 bits per heavy atom. The van der Waals surface area contributed by atoms with Gasteiger partial charge < -0.3 is 15.0 Å². The number of ether oxygens (including phenoxy) is 1. The number of methoxy groups -OCH3 is 1. The predicted octanol–water partition coefficient (Wildman–Crippen LogP) is 4.14. The van der Waals surface area contributed by atoms with E-state index in [2.05, 4.69) is 5.32 Å². The average Bonchev–Trinajstić information content (AvgIpc) is 2.89. The van der Waals surface area contributed by atoms with Gasteiger partial charge in [-0.05, 0) is 61.6 Å². The van der Waals surface area contributed by atoms with Crippen LogP contribution in [0.4, 0.5) is 5.69 Å². The molecule has 9 heteroatoms. The zero-order chi connectivity index (χ0) is 27.4. The number of amides is 2. The van der Waals surface area contributed by atoms with Crippen molar-refractivity contribution in [3.63, 3.8) is 0 Å². The van der Waals surface area contributed by atoms with Gasteiger partial charge in [-0.2, -0.15) is 0 Å². The molecule has 2 aromatic carbocycles. The Morgan fingerprint density at radius 1 is 0.973 bits per heavy atom. The summed E-state index contributed by atoms with van der Waals surface area (Å²) >= 11 is 0. The van der Waals surface area contributed by atoms with Crippen LogP contribution in [0.15, 0.2) is 48.5 Å². The van der Waals surface area contributed by atoms with E-state index in [1.54, 1.807) is 31.1 Å². The van der Waals surface area contributed by atoms with Gasteiger partial charge in [-0.15, -0.1) is 0 Å². The van der Waals surface area contributed by atoms with E-state index in [0.717, 1.165) is 30.4 Å². The lowest BCUT2D eigenvalue weighted by Gasteiger charge is -2.29. The normalized spacial score (nSPS) is 12.0. The van der Waals surface area contributed by atoms with Crippen molar-refractivity contribution in [2.75, 3.05) is 30.8 Å². The summed E-state index contributed by atoms with van der Waals surface area (Å²) in [5.41, 5.74) is 2.56. The Hall–Kier alpha value is -3.07. The second kappa shape index (κ2) is 14.6. The van der Waals surface area contributed by atoms with Crippen LogP contribution in [-0.2, 0) is 32.6 Å². The minimum absolute atomic E-state index is 0.113. The fourth-order valence-corrected chi connectivity index (χ4v) is 4.91. The minimum atomic E-state index is -3.52. The molecule has 1 N–H and O–H groups in total. The Balaban J connectivity index is 2.14. The molecule has 0 fully saturated rings. The van der Waals surface area contributed by atoms with E-state index in [-0.39, 0.29) is 31.3 Å². The molecule has 1 atom stereocenters. The number of sulfonamides is 1. The van der Waals surface area contributed by atoms with E-state index in [0.29, 0.717) is 24.4 Å². The van der Waals surface area contributed by atoms with Gasteiger partial charge in [-0.3, -0.25) is 13.9 Å². The number of carbonyl (C=O) groups excluding carboxylic acids is 2. The van der Waals surface area contributed by atoms with Gasteiger partial charge in [-0.25, -0.2) is 8.42 Å². The first-order chi connectivity index (χ1) is 17.6. The highest BCUT2D eigenvalue weighted by atomic mass is 32.2. The molecule has 2 amide bonds. The van der Waals surface area contributed by atoms with Crippen LogP contribution in [0.5, 0.6) is 5.75 Å². The molecule has 0 radical (unpaired) electrons. The van der Waals surface area contributed by atoms with E-state index < -0.39 is 16.1 Å². The van der Waals surface area contributed by atoms with Gasteiger partial charge in [0.1, 0.15) is 11.8 Å². The molecule has 0 saturated heterocycles. The second-order valence-electron chi connectivity index (χ2n) is 9.15. The molecule has 0 aliphatic heterocycles. The monoisotopic (exact) mass is 531 g/mol. The molecular formula is C28H41N3O5S. The van der Waals surface area contributed by atoms with E-state index in [4.69, 9.17) is 4.74 Å². The van der Waals surface area contributed by atoms with E-state index in [1.165, 1.54) is 10.6 Å². The predicted molar refractivity (Wildman–Crippen MR) is 148 cm³/mol. The van der Waals surface area contributed by atoms with Gasteiger partial charge in [0.15, 0.2) is 0 Å². The number of hydrogen-bond donors (Lipinski definition) is 1. The SMILES string of the molecule is CCCCNC(=O)[C@@H](C)N(Cc1ccc(OC)cc1)C(=O)CCCN(c1ccc(CC)cc1)S(C)(=O)=O. The first-order valence-corrected chi connectivity index (χ1v) is 14.7. The lowest BCUT2D eigenvalue weighted by Crippen LogP contribution is -2.47. The standard InChI is InChI=1S/C28H41N3O5S/c1-6-8-19-29-28(33)22(3)30(21-24-13-17-26(36-4)18-14-24)27(32)10-9-20-31(37(5,34)35)25-15-11-23(7-2)12-16-25/h11-18,22H,6-10,19-21H2,1-5H3,(H,29,33)/t22-/m1/s1. The first kappa shape index (κ1) is 30.2. The van der Waals surface area contributed by atoms with Crippen LogP contribution in [0.3, 0.4) is 0 Å². The van der Waals surface area contributed by atoms with Crippen LogP contribution in [-0.4, -0.2) is 57.6 Å². The topological polar surface area (TPSA) is 96.0 Å². The van der Waals surface area contributed by atoms with Gasteiger partial charge in [0, 0.05) is 26.1 Å². The molecule has 0 spiro atoms. The zero-order valence-corrected chi connectivity index (χ0v) is 23.5. The number of benzene rings is 2. The number of unbranched alkanes of at least 4 members (excludes halogenated alkanes) is 1. The summed E-state index contributed by atoms with van der Waals surface area (Å²) in [5.74, 6) is 0.299. The summed E-state index contributed by atoms with van der Waals surface area (Å²) in [6, 6.07) is 14.1. The average molecular weight is 532 g/mol. The third kappa shape index (κ3) is 9.39. The number of aryl methyl sites for hydroxylation is 1. The fourth-order valence-electron chi connectivity index (χ4n) is 3.95. The third-order valence-corrected chi connectivity index (χ3v) is 7.49. The molecule has 2 aromatic rings. The maximum atomic E-state index is 13.4. The van der Waals surface area contributed by atoms with Crippen LogP contribution in [0.25, 0.3) is 0 Å². The van der Waals surface area contributed by atoms with Crippen LogP contribution in [0.2, 0.25) is 0 Å². The van der Waals surface area contributed by atoms with Crippen molar-refractivity contribution in [2.24, 2.45) is 0 Å². The lowest BCUT2D eigenvalue weighted by molar-refractivity contribution is -0.140. The molecular weight excluding hydrogens is 490 g/mol. The van der Waals surface area contributed by atoms with Gasteiger partial charge in [-0.1, -0.05) is 44.5 Å². The first-order valence-electron chi connectivity index (χ1n) is 12.9. The smallest absolute Gasteiger partial charge is 0.242 e. The third-order valence-electron chi connectivity index (χ3n) is 6.29. The largest absolute Gasteiger partial charge is 0.497 e. The number of nitrogens with one attached hydrogen (secondary N) is 1. The molecule has 8 nitrogen and oxygen atoms in total. The molecule has 0 aromatic heterocycles. The molecule has 0 unspecified atom stereocenters. The zero-order valence-electron chi connectivity index (χ0n) is 22.7. The quantitative estimate of drug-likeness (QED) is 0.349. The van der Waals surface area contributed by atoms with E-state index >= 15 is 0 Å². The van der Waals surface area contributed by atoms with Crippen LogP contribution in [0.1, 0.15) is 57.6 Å². The molecule has 0 bridgehead atoms. The van der Waals surface area contributed by atoms with Crippen LogP contribution < -0.4 is 14.4 Å². The molecule has 0 aliphatic carbocycles. The molecule has 0 aliphatic rings. The van der Waals surface area contributed by atoms with Gasteiger partial charge in [0.2, 0.25) is 21.8 Å². The summed E-state index contributed by atoms with van der Waals surface area (Å²) in [6.07, 6.45) is 4.29. The number of hydrogen-bond acceptors (Lipinski definition) is 5. The highest BCUT2D eigenvalue weighted by Crippen LogP contribution is 2.20. The summed E-state index contributed by atoms with van der Waals surface area (Å²) in [7, 11) is -1.93. The summed E-state index contributed by atoms with van der Waals surface area (Å²) in [6.45, 7) is 6.80. The van der Waals surface area contributed by atoms with Crippen molar-refractivity contribution in [3.05, 3.63) is 59.7 Å². The van der Waals surface area contributed by atoms with Crippen molar-refractivity contribution in [2.45, 2.75) is 65.5 Å². The summed E-state index contributed by atoms with van der Waals surface area (Å²) < 4.78 is 31.5. The maximum Gasteiger partial charge on any atom is 0.242 e. The Bertz CT molecular complexity index is 1100. The Morgan fingerprint density at radius 3 is 2.14 bits per heavy atom. The highest BCUT2D eigenvalue weighted by molar-refractivity contribution is 7.92. The van der Waals surface area contributed by atoms with Crippen molar-refractivity contribution < 1.29 is 22.7 Å². The maximum absolute atomic E-state index is 13.4. The number of carbonyl (C=O) groups is 2. The van der Waals surface area contributed by atoms with Gasteiger partial charge >= 0.3 is 0 Å². The van der Waals surface area contributed by atoms with Crippen LogP contribution in [0, 0.1) is 0 Å². The molecule has 0 saturated carbocycles. The van der Waals surface area contributed by atoms with E-state index in [1.807, 2.05) is 50.2 Å². The highest BCUT2D eigenvalue weighted by Gasteiger charge is 2.26. The molecule has 2 rings (SSSR count). The van der Waals surface area contributed by atoms with Gasteiger partial charge in [0.05, 0.1) is 19.1 Å². The number of anilines is 1. The fraction of sp³-hybridized carbons (Fsp3) is 0.500. The summed E-state index contributed by atoms with van der Waals surface area (Å²) in [4.78, 5) is 27.7. The minimum Gasteiger partial charge on any atom is -0.497 e. The second-order valence-corrected chi connectivity index (χ2v) is 11.1. The Kier molecular flexibility index (Phi) is 11.9.